The molecule has 2 aromatic rings. The van der Waals surface area contributed by atoms with Gasteiger partial charge in [-0.15, -0.1) is 0 Å². The lowest BCUT2D eigenvalue weighted by atomic mass is 10.1. The molecule has 2 aliphatic rings. The molecule has 4 unspecified atom stereocenters. The molecule has 0 bridgehead atoms. The second kappa shape index (κ2) is 14.7. The van der Waals surface area contributed by atoms with E-state index in [1.165, 1.54) is 0 Å². The van der Waals surface area contributed by atoms with E-state index >= 15 is 0 Å². The molecule has 49 heavy (non-hydrogen) atoms. The quantitative estimate of drug-likeness (QED) is 0.0826. The summed E-state index contributed by atoms with van der Waals surface area (Å²) in [4.78, 5) is 70.0. The fourth-order valence-corrected chi connectivity index (χ4v) is 9.19. The third-order valence-electron chi connectivity index (χ3n) is 6.35. The van der Waals surface area contributed by atoms with E-state index in [2.05, 4.69) is 31.9 Å². The van der Waals surface area contributed by atoms with E-state index in [0.717, 1.165) is 24.5 Å². The molecule has 0 saturated carbocycles. The summed E-state index contributed by atoms with van der Waals surface area (Å²) in [6.45, 7) is -2.36. The van der Waals surface area contributed by atoms with Gasteiger partial charge in [-0.1, -0.05) is 0 Å². The maximum absolute atomic E-state index is 12.3. The summed E-state index contributed by atoms with van der Waals surface area (Å²) in [5, 5.41) is 40.8. The van der Waals surface area contributed by atoms with Gasteiger partial charge in [-0.05, 0) is 12.1 Å². The number of anilines is 2. The van der Waals surface area contributed by atoms with Crippen LogP contribution in [0.5, 0.6) is 0 Å². The molecule has 2 saturated heterocycles. The molecule has 2 aliphatic heterocycles. The van der Waals surface area contributed by atoms with Gasteiger partial charge in [0, 0.05) is 12.4 Å². The molecule has 276 valence electrons. The number of aliphatic hydroxyl groups excluding tert-OH is 4. The van der Waals surface area contributed by atoms with Crippen molar-refractivity contribution < 1.29 is 89.7 Å². The van der Waals surface area contributed by atoms with Gasteiger partial charge in [0.1, 0.15) is 48.3 Å². The van der Waals surface area contributed by atoms with Crippen molar-refractivity contribution in [2.45, 2.75) is 49.1 Å². The molecule has 4 heterocycles. The first-order chi connectivity index (χ1) is 22.5. The number of phosphoric acid groups is 4. The third kappa shape index (κ3) is 9.93. The first-order valence-electron chi connectivity index (χ1n) is 13.0. The van der Waals surface area contributed by atoms with Crippen molar-refractivity contribution in [3.63, 3.8) is 0 Å². The number of aliphatic hydroxyl groups is 4. The van der Waals surface area contributed by atoms with E-state index in [1.807, 2.05) is 0 Å². The zero-order valence-corrected chi connectivity index (χ0v) is 27.5. The molecule has 4 rings (SSSR count). The van der Waals surface area contributed by atoms with Crippen LogP contribution in [0, 0.1) is 0 Å². The van der Waals surface area contributed by atoms with Crippen LogP contribution in [0.3, 0.4) is 0 Å². The molecule has 12 N–H and O–H groups in total. The Kier molecular flexibility index (Phi) is 11.9. The monoisotopic (exact) mass is 788 g/mol. The number of hydrogen-bond donors (Lipinski definition) is 10. The Morgan fingerprint density at radius 3 is 1.29 bits per heavy atom. The number of phosphoric ester groups is 2. The lowest BCUT2D eigenvalue weighted by Gasteiger charge is -2.21. The SMILES string of the molecule is Nc1ccn([C@@H]2O[C@H](COP(=O)(O)OP(=O)(O)OP(=O)(O)OP(=O)(O)OC[C@H]3O[C@@H](n4ccc(N)nc4=O)[C@H](O)[C@@H]3O)[C@@H](O)[C@H]2O)c(=O)n1. The highest BCUT2D eigenvalue weighted by molar-refractivity contribution is 7.69. The average Bonchev–Trinajstić information content (AvgIpc) is 3.38. The van der Waals surface area contributed by atoms with E-state index in [1.54, 1.807) is 0 Å². The van der Waals surface area contributed by atoms with Crippen LogP contribution in [-0.2, 0) is 49.7 Å². The molecule has 0 aromatic carbocycles. The summed E-state index contributed by atoms with van der Waals surface area (Å²) in [5.74, 6) is -0.367. The van der Waals surface area contributed by atoms with Crippen molar-refractivity contribution >= 4 is 42.9 Å². The van der Waals surface area contributed by atoms with E-state index < -0.39 is 105 Å². The highest BCUT2D eigenvalue weighted by atomic mass is 31.3. The Bertz CT molecular complexity index is 1710. The number of nitrogen functional groups attached to an aromatic ring is 2. The molecular weight excluding hydrogens is 760 g/mol. The predicted octanol–water partition coefficient (Wildman–Crippen LogP) is -3.61. The minimum Gasteiger partial charge on any atom is -0.387 e. The minimum atomic E-state index is -6.22. The number of rotatable bonds is 14. The Morgan fingerprint density at radius 2 is 0.959 bits per heavy atom. The molecule has 0 amide bonds. The number of nitrogens with zero attached hydrogens (tertiary/aromatic N) is 4. The Balaban J connectivity index is 1.30. The van der Waals surface area contributed by atoms with E-state index in [4.69, 9.17) is 20.9 Å². The highest BCUT2D eigenvalue weighted by Gasteiger charge is 2.50. The topological polar surface area (TPSA) is 417 Å². The van der Waals surface area contributed by atoms with Crippen LogP contribution in [0.4, 0.5) is 11.6 Å². The third-order valence-corrected chi connectivity index (χ3v) is 12.3. The zero-order chi connectivity index (χ0) is 36.7. The molecular formula is C18H28N6O21P4. The summed E-state index contributed by atoms with van der Waals surface area (Å²) in [7, 11) is -24.0. The van der Waals surface area contributed by atoms with Crippen LogP contribution in [0.25, 0.3) is 0 Å². The predicted molar refractivity (Wildman–Crippen MR) is 152 cm³/mol. The van der Waals surface area contributed by atoms with Gasteiger partial charge >= 0.3 is 42.7 Å². The first kappa shape index (κ1) is 39.5. The zero-order valence-electron chi connectivity index (χ0n) is 24.0. The van der Waals surface area contributed by atoms with E-state index in [-0.39, 0.29) is 11.6 Å². The molecule has 0 aliphatic carbocycles. The number of hydrogen-bond acceptors (Lipinski definition) is 21. The van der Waals surface area contributed by atoms with Gasteiger partial charge in [0.15, 0.2) is 12.5 Å². The van der Waals surface area contributed by atoms with Gasteiger partial charge in [-0.3, -0.25) is 18.2 Å². The molecule has 2 fully saturated rings. The summed E-state index contributed by atoms with van der Waals surface area (Å²) >= 11 is 0. The van der Waals surface area contributed by atoms with Gasteiger partial charge in [0.25, 0.3) is 0 Å². The highest BCUT2D eigenvalue weighted by Crippen LogP contribution is 2.71. The first-order valence-corrected chi connectivity index (χ1v) is 18.9. The van der Waals surface area contributed by atoms with Crippen LogP contribution in [0.1, 0.15) is 12.5 Å². The molecule has 0 radical (unpaired) electrons. The van der Waals surface area contributed by atoms with Crippen LogP contribution >= 0.6 is 31.3 Å². The summed E-state index contributed by atoms with van der Waals surface area (Å²) in [6, 6.07) is 2.29. The van der Waals surface area contributed by atoms with Crippen molar-refractivity contribution in [1.82, 2.24) is 19.1 Å². The fourth-order valence-electron chi connectivity index (χ4n) is 4.24. The standard InChI is InChI=1S/C18H28N6O21P4/c19-9-1-3-23(17(29)21-9)15-13(27)11(25)7(41-15)5-39-46(31,32)43-48(35,36)45-49(37,38)44-47(33,34)40-6-8-12(26)14(28)16(42-8)24-4-2-10(20)22-18(24)30/h1-4,7-8,11-16,25-28H,5-6H2,(H,31,32)(H,33,34)(H,35,36)(H,37,38)(H2,19,21,29)(H2,20,22,30)/t7-,8-,11-,12-,13-,14-,15-,16-/m1/s1. The van der Waals surface area contributed by atoms with Crippen molar-refractivity contribution in [2.75, 3.05) is 24.7 Å². The van der Waals surface area contributed by atoms with Gasteiger partial charge in [-0.25, -0.2) is 27.8 Å². The Morgan fingerprint density at radius 1 is 0.633 bits per heavy atom. The summed E-state index contributed by atoms with van der Waals surface area (Å²) < 4.78 is 81.0. The number of aromatic nitrogens is 4. The smallest absolute Gasteiger partial charge is 0.387 e. The lowest BCUT2D eigenvalue weighted by Crippen LogP contribution is -2.36. The Hall–Kier alpha value is -2.32. The summed E-state index contributed by atoms with van der Waals surface area (Å²) in [6.07, 6.45) is -12.0. The second-order valence-corrected chi connectivity index (χ2v) is 16.1. The molecule has 0 spiro atoms. The normalized spacial score (nSPS) is 32.2. The fraction of sp³-hybridized carbons (Fsp3) is 0.556. The molecule has 31 heteroatoms. The van der Waals surface area contributed by atoms with Crippen molar-refractivity contribution in [3.8, 4) is 0 Å². The molecule has 2 aromatic heterocycles. The lowest BCUT2D eigenvalue weighted by molar-refractivity contribution is -0.0543. The van der Waals surface area contributed by atoms with Gasteiger partial charge in [-0.2, -0.15) is 22.9 Å². The molecule has 27 nitrogen and oxygen atoms in total. The van der Waals surface area contributed by atoms with Crippen molar-refractivity contribution in [1.29, 1.82) is 0 Å². The minimum absolute atomic E-state index is 0.184. The number of ether oxygens (including phenoxy) is 2. The maximum atomic E-state index is 12.3. The van der Waals surface area contributed by atoms with E-state index in [0.29, 0.717) is 9.13 Å². The largest absolute Gasteiger partial charge is 0.490 e. The second-order valence-electron chi connectivity index (χ2n) is 9.89. The summed E-state index contributed by atoms with van der Waals surface area (Å²) in [5.41, 5.74) is 8.72. The van der Waals surface area contributed by atoms with E-state index in [9.17, 15) is 67.8 Å². The van der Waals surface area contributed by atoms with Crippen LogP contribution < -0.4 is 22.8 Å². The number of nitrogens with two attached hydrogens (primary N) is 2. The van der Waals surface area contributed by atoms with Gasteiger partial charge in [0.2, 0.25) is 0 Å². The van der Waals surface area contributed by atoms with Crippen LogP contribution in [0.15, 0.2) is 34.1 Å². The maximum Gasteiger partial charge on any atom is 0.490 e. The van der Waals surface area contributed by atoms with Crippen LogP contribution in [0.2, 0.25) is 0 Å². The van der Waals surface area contributed by atoms with Gasteiger partial charge < -0.3 is 60.9 Å². The van der Waals surface area contributed by atoms with Crippen molar-refractivity contribution in [2.24, 2.45) is 0 Å². The van der Waals surface area contributed by atoms with Crippen LogP contribution in [-0.4, -0.2) is 109 Å². The Labute approximate surface area is 271 Å². The average molecular weight is 788 g/mol. The van der Waals surface area contributed by atoms with Gasteiger partial charge in [0.05, 0.1) is 13.2 Å². The van der Waals surface area contributed by atoms with Crippen molar-refractivity contribution in [3.05, 3.63) is 45.5 Å². The molecule has 12 atom stereocenters.